The summed E-state index contributed by atoms with van der Waals surface area (Å²) in [5.74, 6) is 0.824. The molecule has 0 unspecified atom stereocenters. The van der Waals surface area contributed by atoms with Gasteiger partial charge in [-0.25, -0.2) is 0 Å². The Morgan fingerprint density at radius 1 is 1.37 bits per heavy atom. The molecule has 1 aromatic heterocycles. The van der Waals surface area contributed by atoms with Crippen LogP contribution in [0.15, 0.2) is 12.4 Å². The number of ether oxygens (including phenoxy) is 1. The van der Waals surface area contributed by atoms with Crippen LogP contribution in [0.5, 0.6) is 0 Å². The van der Waals surface area contributed by atoms with E-state index in [-0.39, 0.29) is 5.41 Å². The van der Waals surface area contributed by atoms with Crippen molar-refractivity contribution >= 4 is 0 Å². The summed E-state index contributed by atoms with van der Waals surface area (Å²) in [6.45, 7) is 9.81. The van der Waals surface area contributed by atoms with E-state index in [9.17, 15) is 0 Å². The summed E-state index contributed by atoms with van der Waals surface area (Å²) in [6, 6.07) is 0. The maximum absolute atomic E-state index is 5.41. The molecule has 0 bridgehead atoms. The Balaban J connectivity index is 1.86. The molecule has 3 heteroatoms. The Bertz CT molecular complexity index is 378. The van der Waals surface area contributed by atoms with Gasteiger partial charge in [-0.15, -0.1) is 0 Å². The number of rotatable bonds is 6. The van der Waals surface area contributed by atoms with E-state index in [4.69, 9.17) is 4.74 Å². The van der Waals surface area contributed by atoms with Crippen LogP contribution in [0, 0.1) is 5.92 Å². The van der Waals surface area contributed by atoms with Crippen molar-refractivity contribution in [2.24, 2.45) is 5.92 Å². The summed E-state index contributed by atoms with van der Waals surface area (Å²) in [7, 11) is 0. The summed E-state index contributed by atoms with van der Waals surface area (Å²) in [4.78, 5) is 0. The molecule has 0 radical (unpaired) electrons. The van der Waals surface area contributed by atoms with E-state index in [1.54, 1.807) is 0 Å². The lowest BCUT2D eigenvalue weighted by atomic mass is 9.82. The maximum atomic E-state index is 5.41. The smallest absolute Gasteiger partial charge is 0.0527 e. The third kappa shape index (κ3) is 4.07. The summed E-state index contributed by atoms with van der Waals surface area (Å²) in [6.07, 6.45) is 10.4. The first-order chi connectivity index (χ1) is 9.12. The van der Waals surface area contributed by atoms with Gasteiger partial charge in [0.25, 0.3) is 0 Å². The van der Waals surface area contributed by atoms with Gasteiger partial charge in [-0.3, -0.25) is 4.68 Å². The van der Waals surface area contributed by atoms with E-state index < -0.39 is 0 Å². The number of hydrogen-bond acceptors (Lipinski definition) is 2. The average molecular weight is 264 g/mol. The molecule has 2 rings (SSSR count). The zero-order chi connectivity index (χ0) is 13.7. The van der Waals surface area contributed by atoms with Gasteiger partial charge in [-0.2, -0.15) is 5.10 Å². The van der Waals surface area contributed by atoms with E-state index in [2.05, 4.69) is 42.9 Å². The minimum atomic E-state index is 0.256. The van der Waals surface area contributed by atoms with Gasteiger partial charge in [0.2, 0.25) is 0 Å². The maximum Gasteiger partial charge on any atom is 0.0527 e. The van der Waals surface area contributed by atoms with Crippen molar-refractivity contribution in [3.63, 3.8) is 0 Å². The monoisotopic (exact) mass is 264 g/mol. The molecule has 1 fully saturated rings. The largest absolute Gasteiger partial charge is 0.381 e. The van der Waals surface area contributed by atoms with E-state index in [0.717, 1.165) is 25.7 Å². The summed E-state index contributed by atoms with van der Waals surface area (Å²) >= 11 is 0. The van der Waals surface area contributed by atoms with Gasteiger partial charge < -0.3 is 4.74 Å². The zero-order valence-electron chi connectivity index (χ0n) is 12.7. The quantitative estimate of drug-likeness (QED) is 0.782. The molecule has 0 aliphatic carbocycles. The highest BCUT2D eigenvalue weighted by Crippen LogP contribution is 2.28. The predicted molar refractivity (Wildman–Crippen MR) is 78.3 cm³/mol. The molecule has 0 spiro atoms. The lowest BCUT2D eigenvalue weighted by Gasteiger charge is -2.22. The van der Waals surface area contributed by atoms with Crippen molar-refractivity contribution in [3.05, 3.63) is 18.0 Å². The minimum Gasteiger partial charge on any atom is -0.381 e. The molecule has 1 saturated heterocycles. The van der Waals surface area contributed by atoms with Crippen molar-refractivity contribution in [1.82, 2.24) is 9.78 Å². The molecule has 0 amide bonds. The highest BCUT2D eigenvalue weighted by atomic mass is 16.5. The molecule has 2 heterocycles. The highest BCUT2D eigenvalue weighted by Gasteiger charge is 2.21. The van der Waals surface area contributed by atoms with Crippen LogP contribution in [-0.2, 0) is 16.7 Å². The molecule has 1 aromatic rings. The minimum absolute atomic E-state index is 0.256. The Morgan fingerprint density at radius 2 is 2.11 bits per heavy atom. The second-order valence-corrected chi connectivity index (χ2v) is 6.47. The molecule has 19 heavy (non-hydrogen) atoms. The first-order valence-corrected chi connectivity index (χ1v) is 7.72. The fourth-order valence-corrected chi connectivity index (χ4v) is 2.95. The summed E-state index contributed by atoms with van der Waals surface area (Å²) in [5, 5.41) is 4.53. The predicted octanol–water partition coefficient (Wildman–Crippen LogP) is 3.78. The standard InChI is InChI=1S/C16H28N2O/c1-4-8-16(2,3)15-12-17-18(13-15)9-5-14-6-10-19-11-7-14/h12-14H,4-11H2,1-3H3. The van der Waals surface area contributed by atoms with Crippen LogP contribution in [0.1, 0.15) is 58.4 Å². The fourth-order valence-electron chi connectivity index (χ4n) is 2.95. The van der Waals surface area contributed by atoms with E-state index in [0.29, 0.717) is 0 Å². The number of aromatic nitrogens is 2. The van der Waals surface area contributed by atoms with Crippen molar-refractivity contribution in [2.45, 2.75) is 64.8 Å². The van der Waals surface area contributed by atoms with Crippen LogP contribution < -0.4 is 0 Å². The van der Waals surface area contributed by atoms with Crippen molar-refractivity contribution < 1.29 is 4.74 Å². The van der Waals surface area contributed by atoms with Crippen molar-refractivity contribution in [1.29, 1.82) is 0 Å². The molecule has 1 aliphatic heterocycles. The number of hydrogen-bond donors (Lipinski definition) is 0. The van der Waals surface area contributed by atoms with Crippen molar-refractivity contribution in [2.75, 3.05) is 13.2 Å². The topological polar surface area (TPSA) is 27.1 Å². The van der Waals surface area contributed by atoms with Gasteiger partial charge in [-0.1, -0.05) is 27.2 Å². The van der Waals surface area contributed by atoms with Gasteiger partial charge in [0, 0.05) is 26.0 Å². The second-order valence-electron chi connectivity index (χ2n) is 6.47. The second kappa shape index (κ2) is 6.56. The Morgan fingerprint density at radius 3 is 2.79 bits per heavy atom. The van der Waals surface area contributed by atoms with Gasteiger partial charge in [0.05, 0.1) is 6.20 Å². The van der Waals surface area contributed by atoms with E-state index in [1.807, 2.05) is 0 Å². The molecule has 3 nitrogen and oxygen atoms in total. The summed E-state index contributed by atoms with van der Waals surface area (Å²) in [5.41, 5.74) is 1.63. The first kappa shape index (κ1) is 14.6. The number of aryl methyl sites for hydroxylation is 1. The third-order valence-electron chi connectivity index (χ3n) is 4.40. The van der Waals surface area contributed by atoms with Crippen LogP contribution in [0.25, 0.3) is 0 Å². The Kier molecular flexibility index (Phi) is 5.03. The molecule has 0 atom stereocenters. The Hall–Kier alpha value is -0.830. The normalized spacial score (nSPS) is 17.8. The van der Waals surface area contributed by atoms with Crippen LogP contribution in [0.2, 0.25) is 0 Å². The first-order valence-electron chi connectivity index (χ1n) is 7.72. The molecule has 1 aliphatic rings. The Labute approximate surface area is 117 Å². The van der Waals surface area contributed by atoms with E-state index in [1.165, 1.54) is 37.7 Å². The third-order valence-corrected chi connectivity index (χ3v) is 4.40. The molecule has 0 aromatic carbocycles. The van der Waals surface area contributed by atoms with Crippen LogP contribution >= 0.6 is 0 Å². The average Bonchev–Trinajstić information content (AvgIpc) is 2.87. The van der Waals surface area contributed by atoms with Gasteiger partial charge >= 0.3 is 0 Å². The summed E-state index contributed by atoms with van der Waals surface area (Å²) < 4.78 is 7.53. The molecule has 0 saturated carbocycles. The zero-order valence-corrected chi connectivity index (χ0v) is 12.7. The highest BCUT2D eigenvalue weighted by molar-refractivity contribution is 5.16. The van der Waals surface area contributed by atoms with Gasteiger partial charge in [-0.05, 0) is 42.6 Å². The van der Waals surface area contributed by atoms with Crippen LogP contribution in [0.3, 0.4) is 0 Å². The van der Waals surface area contributed by atoms with Crippen molar-refractivity contribution in [3.8, 4) is 0 Å². The number of nitrogens with zero attached hydrogens (tertiary/aromatic N) is 2. The van der Waals surface area contributed by atoms with E-state index >= 15 is 0 Å². The fraction of sp³-hybridized carbons (Fsp3) is 0.812. The molecule has 0 N–H and O–H groups in total. The lowest BCUT2D eigenvalue weighted by molar-refractivity contribution is 0.0623. The molecular formula is C16H28N2O. The van der Waals surface area contributed by atoms with Crippen LogP contribution in [0.4, 0.5) is 0 Å². The van der Waals surface area contributed by atoms with Crippen LogP contribution in [-0.4, -0.2) is 23.0 Å². The molecule has 108 valence electrons. The SMILES string of the molecule is CCCC(C)(C)c1cnn(CCC2CCOCC2)c1. The van der Waals surface area contributed by atoms with Gasteiger partial charge in [0.15, 0.2) is 0 Å². The van der Waals surface area contributed by atoms with Gasteiger partial charge in [0.1, 0.15) is 0 Å². The lowest BCUT2D eigenvalue weighted by Crippen LogP contribution is -2.17. The molecular weight excluding hydrogens is 236 g/mol.